The second kappa shape index (κ2) is 5.06. The summed E-state index contributed by atoms with van der Waals surface area (Å²) < 4.78 is 13.4. The number of halogens is 1. The van der Waals surface area contributed by atoms with Gasteiger partial charge in [-0.15, -0.1) is 0 Å². The van der Waals surface area contributed by atoms with Gasteiger partial charge in [0.05, 0.1) is 0 Å². The van der Waals surface area contributed by atoms with E-state index in [4.69, 9.17) is 5.11 Å². The number of carboxylic acids is 1. The summed E-state index contributed by atoms with van der Waals surface area (Å²) >= 11 is 0. The number of aliphatic carboxylic acids is 1. The van der Waals surface area contributed by atoms with E-state index in [0.717, 1.165) is 18.2 Å². The minimum atomic E-state index is -1.16. The molecule has 0 heterocycles. The highest BCUT2D eigenvalue weighted by molar-refractivity contribution is 5.94. The molecular formula is C11H10FNO3. The van der Waals surface area contributed by atoms with Crippen molar-refractivity contribution in [2.24, 2.45) is 0 Å². The first-order valence-electron chi connectivity index (χ1n) is 4.47. The quantitative estimate of drug-likeness (QED) is 0.758. The van der Waals surface area contributed by atoms with E-state index in [1.165, 1.54) is 19.2 Å². The maximum atomic E-state index is 13.4. The summed E-state index contributed by atoms with van der Waals surface area (Å²) in [7, 11) is 1.44. The lowest BCUT2D eigenvalue weighted by Gasteiger charge is -2.01. The SMILES string of the molecule is CNC(=O)c1ccc(C=CC(=O)O)c(F)c1. The maximum Gasteiger partial charge on any atom is 0.328 e. The molecule has 1 amide bonds. The minimum absolute atomic E-state index is 0.120. The number of benzene rings is 1. The summed E-state index contributed by atoms with van der Waals surface area (Å²) in [5.74, 6) is -2.19. The molecule has 1 aromatic rings. The van der Waals surface area contributed by atoms with Gasteiger partial charge in [-0.1, -0.05) is 6.07 Å². The van der Waals surface area contributed by atoms with Gasteiger partial charge < -0.3 is 10.4 Å². The molecule has 0 unspecified atom stereocenters. The van der Waals surface area contributed by atoms with Crippen LogP contribution in [0.15, 0.2) is 24.3 Å². The van der Waals surface area contributed by atoms with Gasteiger partial charge in [-0.3, -0.25) is 4.79 Å². The van der Waals surface area contributed by atoms with E-state index in [1.807, 2.05) is 0 Å². The molecule has 0 aliphatic carbocycles. The summed E-state index contributed by atoms with van der Waals surface area (Å²) in [4.78, 5) is 21.4. The third-order valence-corrected chi connectivity index (χ3v) is 1.90. The third kappa shape index (κ3) is 2.91. The average molecular weight is 223 g/mol. The van der Waals surface area contributed by atoms with Crippen LogP contribution < -0.4 is 5.32 Å². The van der Waals surface area contributed by atoms with Crippen LogP contribution in [0.4, 0.5) is 4.39 Å². The molecule has 0 fully saturated rings. The fraction of sp³-hybridized carbons (Fsp3) is 0.0909. The Hall–Kier alpha value is -2.17. The van der Waals surface area contributed by atoms with E-state index in [2.05, 4.69) is 5.32 Å². The first-order valence-corrected chi connectivity index (χ1v) is 4.47. The van der Waals surface area contributed by atoms with Crippen molar-refractivity contribution in [2.45, 2.75) is 0 Å². The topological polar surface area (TPSA) is 66.4 Å². The van der Waals surface area contributed by atoms with Gasteiger partial charge in [0.1, 0.15) is 5.82 Å². The molecule has 0 radical (unpaired) electrons. The highest BCUT2D eigenvalue weighted by Crippen LogP contribution is 2.12. The second-order valence-corrected chi connectivity index (χ2v) is 2.99. The van der Waals surface area contributed by atoms with Crippen molar-refractivity contribution in [3.8, 4) is 0 Å². The first kappa shape index (κ1) is 11.9. The van der Waals surface area contributed by atoms with Crippen molar-refractivity contribution >= 4 is 18.0 Å². The Morgan fingerprint density at radius 3 is 2.62 bits per heavy atom. The number of carboxylic acid groups (broad SMARTS) is 1. The summed E-state index contributed by atoms with van der Waals surface area (Å²) in [6, 6.07) is 3.82. The van der Waals surface area contributed by atoms with Crippen LogP contribution in [0.1, 0.15) is 15.9 Å². The molecular weight excluding hydrogens is 213 g/mol. The third-order valence-electron chi connectivity index (χ3n) is 1.90. The maximum absolute atomic E-state index is 13.4. The van der Waals surface area contributed by atoms with E-state index < -0.39 is 17.7 Å². The van der Waals surface area contributed by atoms with Crippen LogP contribution in [0.25, 0.3) is 6.08 Å². The van der Waals surface area contributed by atoms with Gasteiger partial charge in [-0.25, -0.2) is 9.18 Å². The molecule has 4 nitrogen and oxygen atoms in total. The van der Waals surface area contributed by atoms with Crippen LogP contribution in [0.2, 0.25) is 0 Å². The van der Waals surface area contributed by atoms with Gasteiger partial charge in [0, 0.05) is 24.3 Å². The number of amides is 1. The predicted molar refractivity (Wildman–Crippen MR) is 56.5 cm³/mol. The summed E-state index contributed by atoms with van der Waals surface area (Å²) in [6.45, 7) is 0. The van der Waals surface area contributed by atoms with Crippen molar-refractivity contribution in [1.29, 1.82) is 0 Å². The van der Waals surface area contributed by atoms with Crippen LogP contribution in [0.3, 0.4) is 0 Å². The molecule has 0 aliphatic heterocycles. The van der Waals surface area contributed by atoms with Crippen LogP contribution in [-0.2, 0) is 4.79 Å². The smallest absolute Gasteiger partial charge is 0.328 e. The number of hydrogen-bond acceptors (Lipinski definition) is 2. The molecule has 0 bridgehead atoms. The molecule has 2 N–H and O–H groups in total. The monoisotopic (exact) mass is 223 g/mol. The predicted octanol–water partition coefficient (Wildman–Crippen LogP) is 1.28. The number of nitrogens with one attached hydrogen (secondary N) is 1. The Morgan fingerprint density at radius 1 is 1.44 bits per heavy atom. The van der Waals surface area contributed by atoms with E-state index >= 15 is 0 Å². The standard InChI is InChI=1S/C11H10FNO3/c1-13-11(16)8-3-2-7(9(12)6-8)4-5-10(14)15/h2-6H,1H3,(H,13,16)(H,14,15). The second-order valence-electron chi connectivity index (χ2n) is 2.99. The van der Waals surface area contributed by atoms with Crippen molar-refractivity contribution in [2.75, 3.05) is 7.05 Å². The van der Waals surface area contributed by atoms with Crippen LogP contribution >= 0.6 is 0 Å². The molecule has 1 aromatic carbocycles. The van der Waals surface area contributed by atoms with E-state index in [9.17, 15) is 14.0 Å². The van der Waals surface area contributed by atoms with E-state index in [-0.39, 0.29) is 11.1 Å². The van der Waals surface area contributed by atoms with Gasteiger partial charge in [-0.05, 0) is 18.2 Å². The van der Waals surface area contributed by atoms with Crippen LogP contribution in [0.5, 0.6) is 0 Å². The van der Waals surface area contributed by atoms with E-state index in [1.54, 1.807) is 0 Å². The van der Waals surface area contributed by atoms with Crippen molar-refractivity contribution in [3.63, 3.8) is 0 Å². The number of rotatable bonds is 3. The lowest BCUT2D eigenvalue weighted by atomic mass is 10.1. The molecule has 5 heteroatoms. The Labute approximate surface area is 91.4 Å². The van der Waals surface area contributed by atoms with Gasteiger partial charge >= 0.3 is 5.97 Å². The molecule has 0 aliphatic rings. The molecule has 0 saturated carbocycles. The molecule has 0 spiro atoms. The van der Waals surface area contributed by atoms with E-state index in [0.29, 0.717) is 0 Å². The van der Waals surface area contributed by atoms with Gasteiger partial charge in [0.2, 0.25) is 0 Å². The largest absolute Gasteiger partial charge is 0.478 e. The Kier molecular flexibility index (Phi) is 3.77. The highest BCUT2D eigenvalue weighted by Gasteiger charge is 2.06. The lowest BCUT2D eigenvalue weighted by molar-refractivity contribution is -0.131. The van der Waals surface area contributed by atoms with Gasteiger partial charge in [-0.2, -0.15) is 0 Å². The molecule has 0 saturated heterocycles. The first-order chi connectivity index (χ1) is 7.54. The van der Waals surface area contributed by atoms with Crippen molar-refractivity contribution < 1.29 is 19.1 Å². The number of carbonyl (C=O) groups is 2. The Morgan fingerprint density at radius 2 is 2.12 bits per heavy atom. The zero-order chi connectivity index (χ0) is 12.1. The number of carbonyl (C=O) groups excluding carboxylic acids is 1. The highest BCUT2D eigenvalue weighted by atomic mass is 19.1. The summed E-state index contributed by atoms with van der Waals surface area (Å²) in [5, 5.41) is 10.7. The summed E-state index contributed by atoms with van der Waals surface area (Å²) in [5.41, 5.74) is 0.308. The summed E-state index contributed by atoms with van der Waals surface area (Å²) in [6.07, 6.45) is 1.96. The van der Waals surface area contributed by atoms with Crippen LogP contribution in [0, 0.1) is 5.82 Å². The fourth-order valence-corrected chi connectivity index (χ4v) is 1.11. The fourth-order valence-electron chi connectivity index (χ4n) is 1.11. The molecule has 0 aromatic heterocycles. The lowest BCUT2D eigenvalue weighted by Crippen LogP contribution is -2.17. The Balaban J connectivity index is 3.00. The van der Waals surface area contributed by atoms with Crippen molar-refractivity contribution in [1.82, 2.24) is 5.32 Å². The van der Waals surface area contributed by atoms with Gasteiger partial charge in [0.15, 0.2) is 0 Å². The Bertz CT molecular complexity index is 455. The zero-order valence-corrected chi connectivity index (χ0v) is 8.53. The minimum Gasteiger partial charge on any atom is -0.478 e. The molecule has 16 heavy (non-hydrogen) atoms. The molecule has 1 rings (SSSR count). The average Bonchev–Trinajstić information content (AvgIpc) is 2.26. The number of hydrogen-bond donors (Lipinski definition) is 2. The van der Waals surface area contributed by atoms with Crippen LogP contribution in [-0.4, -0.2) is 24.0 Å². The molecule has 0 atom stereocenters. The normalized spacial score (nSPS) is 10.4. The molecule has 84 valence electrons. The zero-order valence-electron chi connectivity index (χ0n) is 8.53. The van der Waals surface area contributed by atoms with Gasteiger partial charge in [0.25, 0.3) is 5.91 Å². The van der Waals surface area contributed by atoms with Crippen molar-refractivity contribution in [3.05, 3.63) is 41.2 Å².